The SMILES string of the molecule is CC(=O)N1CC=C(c2ccc(F)cc2)[C@H](C=O)C1. The molecule has 1 aliphatic rings. The zero-order valence-electron chi connectivity index (χ0n) is 10.1. The molecule has 3 nitrogen and oxygen atoms in total. The maximum absolute atomic E-state index is 12.9. The Bertz CT molecular complexity index is 493. The first-order chi connectivity index (χ1) is 8.61. The van der Waals surface area contributed by atoms with Gasteiger partial charge in [0.1, 0.15) is 12.1 Å². The molecule has 0 fully saturated rings. The van der Waals surface area contributed by atoms with Crippen LogP contribution in [0.3, 0.4) is 0 Å². The van der Waals surface area contributed by atoms with Crippen LogP contribution in [0.15, 0.2) is 30.3 Å². The molecule has 0 saturated carbocycles. The highest BCUT2D eigenvalue weighted by molar-refractivity contribution is 5.84. The van der Waals surface area contributed by atoms with Crippen molar-refractivity contribution in [2.75, 3.05) is 13.1 Å². The molecule has 0 bridgehead atoms. The van der Waals surface area contributed by atoms with Gasteiger partial charge in [-0.05, 0) is 23.3 Å². The van der Waals surface area contributed by atoms with Gasteiger partial charge in [0.25, 0.3) is 0 Å². The molecule has 1 aromatic rings. The molecule has 1 atom stereocenters. The first kappa shape index (κ1) is 12.5. The van der Waals surface area contributed by atoms with Crippen molar-refractivity contribution in [2.24, 2.45) is 5.92 Å². The predicted octanol–water partition coefficient (Wildman–Crippen LogP) is 1.89. The van der Waals surface area contributed by atoms with Gasteiger partial charge in [-0.3, -0.25) is 4.79 Å². The lowest BCUT2D eigenvalue weighted by molar-refractivity contribution is -0.129. The maximum atomic E-state index is 12.9. The number of rotatable bonds is 2. The second-order valence-electron chi connectivity index (χ2n) is 4.33. The van der Waals surface area contributed by atoms with Crippen LogP contribution in [0.25, 0.3) is 5.57 Å². The molecular formula is C14H14FNO2. The Labute approximate surface area is 105 Å². The number of hydrogen-bond acceptors (Lipinski definition) is 2. The fourth-order valence-corrected chi connectivity index (χ4v) is 2.12. The van der Waals surface area contributed by atoms with Gasteiger partial charge in [-0.25, -0.2) is 4.39 Å². The molecule has 0 aromatic heterocycles. The second kappa shape index (κ2) is 5.12. The van der Waals surface area contributed by atoms with Gasteiger partial charge in [0.15, 0.2) is 0 Å². The molecular weight excluding hydrogens is 233 g/mol. The molecule has 0 unspecified atom stereocenters. The summed E-state index contributed by atoms with van der Waals surface area (Å²) in [7, 11) is 0. The van der Waals surface area contributed by atoms with E-state index in [1.54, 1.807) is 17.0 Å². The van der Waals surface area contributed by atoms with E-state index in [0.29, 0.717) is 13.1 Å². The quantitative estimate of drug-likeness (QED) is 0.748. The van der Waals surface area contributed by atoms with E-state index < -0.39 is 0 Å². The van der Waals surface area contributed by atoms with Crippen molar-refractivity contribution < 1.29 is 14.0 Å². The first-order valence-corrected chi connectivity index (χ1v) is 5.78. The summed E-state index contributed by atoms with van der Waals surface area (Å²) in [5.41, 5.74) is 1.69. The van der Waals surface area contributed by atoms with Crippen molar-refractivity contribution >= 4 is 17.8 Å². The van der Waals surface area contributed by atoms with Gasteiger partial charge >= 0.3 is 0 Å². The minimum atomic E-state index is -0.340. The lowest BCUT2D eigenvalue weighted by atomic mass is 9.90. The summed E-state index contributed by atoms with van der Waals surface area (Å²) in [6, 6.07) is 6.05. The Kier molecular flexibility index (Phi) is 3.55. The molecule has 1 aliphatic heterocycles. The van der Waals surface area contributed by atoms with E-state index in [4.69, 9.17) is 0 Å². The number of carbonyl (C=O) groups excluding carboxylic acids is 2. The Balaban J connectivity index is 2.29. The van der Waals surface area contributed by atoms with Gasteiger partial charge < -0.3 is 9.69 Å². The number of halogens is 1. The molecule has 1 heterocycles. The average molecular weight is 247 g/mol. The molecule has 2 rings (SSSR count). The van der Waals surface area contributed by atoms with Crippen LogP contribution in [0.4, 0.5) is 4.39 Å². The van der Waals surface area contributed by atoms with Crippen molar-refractivity contribution in [2.45, 2.75) is 6.92 Å². The standard InChI is InChI=1S/C14H14FNO2/c1-10(18)16-7-6-14(12(8-16)9-17)11-2-4-13(15)5-3-11/h2-6,9,12H,7-8H2,1H3/t12-/m0/s1. The summed E-state index contributed by atoms with van der Waals surface area (Å²) in [6.07, 6.45) is 2.70. The van der Waals surface area contributed by atoms with Crippen LogP contribution in [0.5, 0.6) is 0 Å². The summed E-state index contributed by atoms with van der Waals surface area (Å²) in [6.45, 7) is 2.37. The van der Waals surface area contributed by atoms with Crippen molar-refractivity contribution in [1.82, 2.24) is 4.90 Å². The van der Waals surface area contributed by atoms with E-state index in [-0.39, 0.29) is 17.6 Å². The van der Waals surface area contributed by atoms with E-state index >= 15 is 0 Å². The summed E-state index contributed by atoms with van der Waals surface area (Å²) in [5, 5.41) is 0. The third-order valence-corrected chi connectivity index (χ3v) is 3.14. The average Bonchev–Trinajstić information content (AvgIpc) is 2.39. The van der Waals surface area contributed by atoms with Crippen LogP contribution in [0, 0.1) is 11.7 Å². The molecule has 18 heavy (non-hydrogen) atoms. The molecule has 1 amide bonds. The van der Waals surface area contributed by atoms with Crippen molar-refractivity contribution in [1.29, 1.82) is 0 Å². The van der Waals surface area contributed by atoms with Crippen molar-refractivity contribution in [3.63, 3.8) is 0 Å². The van der Waals surface area contributed by atoms with E-state index in [9.17, 15) is 14.0 Å². The lowest BCUT2D eigenvalue weighted by Crippen LogP contribution is -2.38. The summed E-state index contributed by atoms with van der Waals surface area (Å²) in [4.78, 5) is 24.0. The van der Waals surface area contributed by atoms with Crippen LogP contribution in [-0.2, 0) is 9.59 Å². The number of hydrogen-bond donors (Lipinski definition) is 0. The molecule has 0 N–H and O–H groups in total. The normalized spacial score (nSPS) is 19.3. The van der Waals surface area contributed by atoms with Crippen LogP contribution < -0.4 is 0 Å². The third-order valence-electron chi connectivity index (χ3n) is 3.14. The number of benzene rings is 1. The first-order valence-electron chi connectivity index (χ1n) is 5.78. The molecule has 0 saturated heterocycles. The molecule has 94 valence electrons. The number of aldehydes is 1. The van der Waals surface area contributed by atoms with Gasteiger partial charge in [-0.2, -0.15) is 0 Å². The summed E-state index contributed by atoms with van der Waals surface area (Å²) < 4.78 is 12.9. The number of nitrogens with zero attached hydrogens (tertiary/aromatic N) is 1. The van der Waals surface area contributed by atoms with Crippen LogP contribution in [-0.4, -0.2) is 30.2 Å². The zero-order chi connectivity index (χ0) is 13.1. The van der Waals surface area contributed by atoms with Crippen LogP contribution in [0.1, 0.15) is 12.5 Å². The van der Waals surface area contributed by atoms with Crippen LogP contribution >= 0.6 is 0 Å². The molecule has 0 radical (unpaired) electrons. The number of amides is 1. The zero-order valence-corrected chi connectivity index (χ0v) is 10.1. The van der Waals surface area contributed by atoms with Gasteiger partial charge in [-0.1, -0.05) is 18.2 Å². The number of carbonyl (C=O) groups is 2. The fraction of sp³-hybridized carbons (Fsp3) is 0.286. The van der Waals surface area contributed by atoms with Gasteiger partial charge in [0, 0.05) is 20.0 Å². The van der Waals surface area contributed by atoms with E-state index in [1.807, 2.05) is 6.08 Å². The molecule has 1 aromatic carbocycles. The smallest absolute Gasteiger partial charge is 0.219 e. The topological polar surface area (TPSA) is 37.4 Å². The van der Waals surface area contributed by atoms with Gasteiger partial charge in [-0.15, -0.1) is 0 Å². The summed E-state index contributed by atoms with van der Waals surface area (Å²) in [5.74, 6) is -0.687. The third kappa shape index (κ3) is 2.47. The lowest BCUT2D eigenvalue weighted by Gasteiger charge is -2.29. The predicted molar refractivity (Wildman–Crippen MR) is 66.2 cm³/mol. The minimum Gasteiger partial charge on any atom is -0.338 e. The Morgan fingerprint density at radius 1 is 1.39 bits per heavy atom. The highest BCUT2D eigenvalue weighted by Gasteiger charge is 2.24. The second-order valence-corrected chi connectivity index (χ2v) is 4.33. The molecule has 0 spiro atoms. The Hall–Kier alpha value is -1.97. The van der Waals surface area contributed by atoms with E-state index in [0.717, 1.165) is 17.4 Å². The monoisotopic (exact) mass is 247 g/mol. The van der Waals surface area contributed by atoms with E-state index in [1.165, 1.54) is 19.1 Å². The minimum absolute atomic E-state index is 0.0451. The van der Waals surface area contributed by atoms with Crippen LogP contribution in [0.2, 0.25) is 0 Å². The highest BCUT2D eigenvalue weighted by Crippen LogP contribution is 2.26. The van der Waals surface area contributed by atoms with Crippen molar-refractivity contribution in [3.05, 3.63) is 41.7 Å². The van der Waals surface area contributed by atoms with Gasteiger partial charge in [0.2, 0.25) is 5.91 Å². The van der Waals surface area contributed by atoms with Crippen molar-refractivity contribution in [3.8, 4) is 0 Å². The Morgan fingerprint density at radius 2 is 2.06 bits per heavy atom. The summed E-state index contributed by atoms with van der Waals surface area (Å²) >= 11 is 0. The largest absolute Gasteiger partial charge is 0.338 e. The Morgan fingerprint density at radius 3 is 2.61 bits per heavy atom. The highest BCUT2D eigenvalue weighted by atomic mass is 19.1. The molecule has 4 heteroatoms. The van der Waals surface area contributed by atoms with Gasteiger partial charge in [0.05, 0.1) is 5.92 Å². The van der Waals surface area contributed by atoms with E-state index in [2.05, 4.69) is 0 Å². The fourth-order valence-electron chi connectivity index (χ4n) is 2.12. The maximum Gasteiger partial charge on any atom is 0.219 e. The molecule has 0 aliphatic carbocycles.